The van der Waals surface area contributed by atoms with Crippen LogP contribution in [0.25, 0.3) is 10.2 Å². The number of benzene rings is 3. The molecule has 31 heavy (non-hydrogen) atoms. The van der Waals surface area contributed by atoms with E-state index >= 15 is 0 Å². The van der Waals surface area contributed by atoms with E-state index in [0.717, 1.165) is 38.0 Å². The van der Waals surface area contributed by atoms with Crippen LogP contribution in [0.4, 0.5) is 5.69 Å². The predicted octanol–water partition coefficient (Wildman–Crippen LogP) is 5.41. The average molecular weight is 431 g/mol. The van der Waals surface area contributed by atoms with E-state index in [1.165, 1.54) is 0 Å². The van der Waals surface area contributed by atoms with Crippen molar-refractivity contribution in [1.82, 2.24) is 10.4 Å². The van der Waals surface area contributed by atoms with Gasteiger partial charge in [-0.25, -0.2) is 9.98 Å². The van der Waals surface area contributed by atoms with Crippen molar-refractivity contribution in [2.75, 3.05) is 13.7 Å². The summed E-state index contributed by atoms with van der Waals surface area (Å²) >= 11 is 1.57. The number of hydrazone groups is 1. The van der Waals surface area contributed by atoms with E-state index in [0.29, 0.717) is 12.4 Å². The Bertz CT molecular complexity index is 1170. The summed E-state index contributed by atoms with van der Waals surface area (Å²) in [5.74, 6) is 2.20. The number of fused-ring (bicyclic) bond motifs is 1. The number of thiazole rings is 1. The highest BCUT2D eigenvalue weighted by molar-refractivity contribution is 7.20. The molecule has 0 radical (unpaired) electrons. The van der Waals surface area contributed by atoms with E-state index in [-0.39, 0.29) is 0 Å². The van der Waals surface area contributed by atoms with Gasteiger partial charge in [0.1, 0.15) is 11.5 Å². The molecular weight excluding hydrogens is 408 g/mol. The monoisotopic (exact) mass is 430 g/mol. The number of aromatic nitrogens is 1. The number of hydrogen-bond donors (Lipinski definition) is 1. The zero-order chi connectivity index (χ0) is 21.5. The third-order valence-corrected chi connectivity index (χ3v) is 5.43. The number of nitrogens with one attached hydrogen (secondary N) is 1. The van der Waals surface area contributed by atoms with Crippen LogP contribution in [0.1, 0.15) is 17.5 Å². The Kier molecular flexibility index (Phi) is 6.54. The molecule has 0 unspecified atom stereocenters. The Morgan fingerprint density at radius 2 is 1.74 bits per heavy atom. The molecule has 0 aliphatic rings. The molecule has 0 saturated heterocycles. The van der Waals surface area contributed by atoms with E-state index in [1.807, 2.05) is 79.7 Å². The number of ether oxygens (including phenoxy) is 2. The van der Waals surface area contributed by atoms with E-state index in [9.17, 15) is 0 Å². The lowest BCUT2D eigenvalue weighted by Crippen LogP contribution is -2.18. The van der Waals surface area contributed by atoms with Gasteiger partial charge in [-0.05, 0) is 73.2 Å². The molecule has 0 bridgehead atoms. The highest BCUT2D eigenvalue weighted by atomic mass is 32.1. The number of nitrogens with zero attached hydrogens (tertiary/aromatic N) is 3. The Hall–Kier alpha value is -3.71. The average Bonchev–Trinajstić information content (AvgIpc) is 3.24. The van der Waals surface area contributed by atoms with Gasteiger partial charge in [-0.1, -0.05) is 12.1 Å². The molecule has 0 saturated carbocycles. The molecule has 7 heteroatoms. The zero-order valence-electron chi connectivity index (χ0n) is 17.3. The van der Waals surface area contributed by atoms with Gasteiger partial charge in [0, 0.05) is 0 Å². The minimum Gasteiger partial charge on any atom is -0.497 e. The smallest absolute Gasteiger partial charge is 0.183 e. The Morgan fingerprint density at radius 3 is 2.45 bits per heavy atom. The van der Waals surface area contributed by atoms with Crippen molar-refractivity contribution >= 4 is 39.3 Å². The van der Waals surface area contributed by atoms with E-state index in [2.05, 4.69) is 10.5 Å². The van der Waals surface area contributed by atoms with Gasteiger partial charge in [0.05, 0.1) is 35.8 Å². The van der Waals surface area contributed by atoms with Crippen LogP contribution in [0.15, 0.2) is 82.9 Å². The number of methoxy groups -OCH3 is 1. The van der Waals surface area contributed by atoms with Gasteiger partial charge < -0.3 is 9.47 Å². The third kappa shape index (κ3) is 5.26. The molecule has 6 nitrogen and oxygen atoms in total. The van der Waals surface area contributed by atoms with Gasteiger partial charge >= 0.3 is 0 Å². The Labute approximate surface area is 184 Å². The summed E-state index contributed by atoms with van der Waals surface area (Å²) in [6, 6.07) is 23.3. The summed E-state index contributed by atoms with van der Waals surface area (Å²) in [6.07, 6.45) is 1.74. The third-order valence-electron chi connectivity index (χ3n) is 4.38. The molecule has 156 valence electrons. The van der Waals surface area contributed by atoms with Crippen LogP contribution < -0.4 is 14.9 Å². The molecule has 0 amide bonds. The fraction of sp³-hybridized carbons (Fsp3) is 0.125. The number of para-hydroxylation sites is 1. The minimum atomic E-state index is 0.579. The van der Waals surface area contributed by atoms with Crippen molar-refractivity contribution in [2.45, 2.75) is 6.92 Å². The van der Waals surface area contributed by atoms with Crippen LogP contribution in [0, 0.1) is 0 Å². The minimum absolute atomic E-state index is 0.579. The summed E-state index contributed by atoms with van der Waals surface area (Å²) in [5, 5.41) is 5.15. The maximum atomic E-state index is 5.51. The topological polar surface area (TPSA) is 68.1 Å². The Balaban J connectivity index is 1.62. The second-order valence-electron chi connectivity index (χ2n) is 6.52. The summed E-state index contributed by atoms with van der Waals surface area (Å²) in [6.45, 7) is 2.59. The molecule has 0 atom stereocenters. The van der Waals surface area contributed by atoms with Crippen LogP contribution in [0.2, 0.25) is 0 Å². The summed E-state index contributed by atoms with van der Waals surface area (Å²) in [4.78, 5) is 9.46. The SMILES string of the molecule is CCOc1ccc(N=C(NN=Cc2ccc(OC)cc2)c2nc3ccccc3s2)cc1. The van der Waals surface area contributed by atoms with Gasteiger partial charge in [0.25, 0.3) is 0 Å². The van der Waals surface area contributed by atoms with E-state index in [4.69, 9.17) is 19.5 Å². The summed E-state index contributed by atoms with van der Waals surface area (Å²) in [7, 11) is 1.65. The second-order valence-corrected chi connectivity index (χ2v) is 7.55. The normalized spacial score (nSPS) is 11.7. The first-order valence-electron chi connectivity index (χ1n) is 9.86. The van der Waals surface area contributed by atoms with Gasteiger partial charge in [0.15, 0.2) is 10.8 Å². The van der Waals surface area contributed by atoms with Crippen molar-refractivity contribution in [3.63, 3.8) is 0 Å². The van der Waals surface area contributed by atoms with E-state index < -0.39 is 0 Å². The quantitative estimate of drug-likeness (QED) is 0.242. The van der Waals surface area contributed by atoms with Gasteiger partial charge in [-0.3, -0.25) is 5.43 Å². The van der Waals surface area contributed by atoms with Gasteiger partial charge in [-0.2, -0.15) is 5.10 Å². The van der Waals surface area contributed by atoms with Crippen molar-refractivity contribution in [1.29, 1.82) is 0 Å². The highest BCUT2D eigenvalue weighted by Crippen LogP contribution is 2.24. The molecule has 1 heterocycles. The first-order chi connectivity index (χ1) is 15.2. The number of amidine groups is 1. The van der Waals surface area contributed by atoms with Crippen LogP contribution in [0.3, 0.4) is 0 Å². The number of rotatable bonds is 7. The van der Waals surface area contributed by atoms with Crippen molar-refractivity contribution < 1.29 is 9.47 Å². The molecule has 4 rings (SSSR count). The van der Waals surface area contributed by atoms with Crippen LogP contribution >= 0.6 is 11.3 Å². The van der Waals surface area contributed by atoms with Crippen molar-refractivity contribution in [3.8, 4) is 11.5 Å². The molecule has 3 aromatic carbocycles. The fourth-order valence-electron chi connectivity index (χ4n) is 2.86. The molecule has 0 spiro atoms. The van der Waals surface area contributed by atoms with Gasteiger partial charge in [-0.15, -0.1) is 11.3 Å². The fourth-order valence-corrected chi connectivity index (χ4v) is 3.77. The molecule has 1 N–H and O–H groups in total. The highest BCUT2D eigenvalue weighted by Gasteiger charge is 2.10. The van der Waals surface area contributed by atoms with Crippen LogP contribution in [0.5, 0.6) is 11.5 Å². The summed E-state index contributed by atoms with van der Waals surface area (Å²) < 4.78 is 11.8. The second kappa shape index (κ2) is 9.86. The molecule has 1 aromatic heterocycles. The van der Waals surface area contributed by atoms with Crippen LogP contribution in [-0.4, -0.2) is 30.8 Å². The summed E-state index contributed by atoms with van der Waals surface area (Å²) in [5.41, 5.74) is 5.73. The van der Waals surface area contributed by atoms with Crippen LogP contribution in [-0.2, 0) is 0 Å². The van der Waals surface area contributed by atoms with E-state index in [1.54, 1.807) is 24.7 Å². The molecule has 0 aliphatic heterocycles. The lowest BCUT2D eigenvalue weighted by Gasteiger charge is -2.05. The maximum absolute atomic E-state index is 5.51. The molecular formula is C24H22N4O2S. The lowest BCUT2D eigenvalue weighted by atomic mass is 10.2. The molecule has 0 aliphatic carbocycles. The molecule has 0 fully saturated rings. The van der Waals surface area contributed by atoms with Gasteiger partial charge in [0.2, 0.25) is 0 Å². The maximum Gasteiger partial charge on any atom is 0.183 e. The van der Waals surface area contributed by atoms with Crippen molar-refractivity contribution in [2.24, 2.45) is 10.1 Å². The largest absolute Gasteiger partial charge is 0.497 e. The molecule has 4 aromatic rings. The predicted molar refractivity (Wildman–Crippen MR) is 127 cm³/mol. The first-order valence-corrected chi connectivity index (χ1v) is 10.7. The number of aliphatic imine (C=N–C) groups is 1. The first kappa shape index (κ1) is 20.6. The van der Waals surface area contributed by atoms with Crippen molar-refractivity contribution in [3.05, 3.63) is 83.4 Å². The number of hydrogen-bond acceptors (Lipinski definition) is 6. The zero-order valence-corrected chi connectivity index (χ0v) is 18.1. The standard InChI is InChI=1S/C24H22N4O2S/c1-3-30-20-14-10-18(11-15-20)26-23(24-27-21-6-4-5-7-22(21)31-24)28-25-16-17-8-12-19(29-2)13-9-17/h4-16H,3H2,1-2H3,(H,26,28). The lowest BCUT2D eigenvalue weighted by molar-refractivity contribution is 0.340. The Morgan fingerprint density at radius 1 is 1.00 bits per heavy atom.